The van der Waals surface area contributed by atoms with E-state index >= 15 is 0 Å². The summed E-state index contributed by atoms with van der Waals surface area (Å²) in [4.78, 5) is 8.08. The minimum absolute atomic E-state index is 0.399. The van der Waals surface area contributed by atoms with Gasteiger partial charge in [-0.2, -0.15) is 4.98 Å². The van der Waals surface area contributed by atoms with Gasteiger partial charge in [0.1, 0.15) is 12.0 Å². The molecule has 0 unspecified atom stereocenters. The second-order valence-electron chi connectivity index (χ2n) is 3.85. The minimum atomic E-state index is 0.399. The van der Waals surface area contributed by atoms with Gasteiger partial charge in [-0.3, -0.25) is 0 Å². The van der Waals surface area contributed by atoms with Gasteiger partial charge in [-0.25, -0.2) is 4.98 Å². The Morgan fingerprint density at radius 1 is 1.26 bits per heavy atom. The Morgan fingerprint density at radius 3 is 2.68 bits per heavy atom. The van der Waals surface area contributed by atoms with Crippen LogP contribution in [0.4, 0.5) is 11.5 Å². The molecule has 0 spiro atoms. The van der Waals surface area contributed by atoms with Crippen molar-refractivity contribution in [3.8, 4) is 5.88 Å². The number of anilines is 2. The number of ether oxygens (including phenoxy) is 1. The van der Waals surface area contributed by atoms with E-state index in [4.69, 9.17) is 22.1 Å². The van der Waals surface area contributed by atoms with Gasteiger partial charge in [-0.1, -0.05) is 23.7 Å². The molecule has 5 nitrogen and oxygen atoms in total. The van der Waals surface area contributed by atoms with Crippen LogP contribution in [0.15, 0.2) is 30.6 Å². The summed E-state index contributed by atoms with van der Waals surface area (Å²) in [6.07, 6.45) is 1.42. The van der Waals surface area contributed by atoms with Crippen molar-refractivity contribution >= 4 is 23.1 Å². The molecule has 0 aliphatic carbocycles. The highest BCUT2D eigenvalue weighted by Gasteiger charge is 2.08. The van der Waals surface area contributed by atoms with Crippen molar-refractivity contribution in [2.75, 3.05) is 17.7 Å². The zero-order valence-electron chi connectivity index (χ0n) is 10.6. The Kier molecular flexibility index (Phi) is 4.41. The van der Waals surface area contributed by atoms with Crippen molar-refractivity contribution in [2.45, 2.75) is 13.5 Å². The molecule has 19 heavy (non-hydrogen) atoms. The monoisotopic (exact) mass is 278 g/mol. The lowest BCUT2D eigenvalue weighted by Crippen LogP contribution is -2.07. The zero-order valence-corrected chi connectivity index (χ0v) is 11.3. The van der Waals surface area contributed by atoms with Crippen LogP contribution in [0.25, 0.3) is 0 Å². The molecule has 2 rings (SSSR count). The van der Waals surface area contributed by atoms with E-state index in [1.54, 1.807) is 0 Å². The normalized spacial score (nSPS) is 10.2. The molecule has 6 heteroatoms. The van der Waals surface area contributed by atoms with Gasteiger partial charge in [0.25, 0.3) is 0 Å². The molecule has 0 fully saturated rings. The van der Waals surface area contributed by atoms with Gasteiger partial charge in [0.2, 0.25) is 5.88 Å². The van der Waals surface area contributed by atoms with E-state index in [2.05, 4.69) is 15.3 Å². The lowest BCUT2D eigenvalue weighted by molar-refractivity contribution is 0.328. The number of nitrogen functional groups attached to an aromatic ring is 1. The number of hydrogen-bond donors (Lipinski definition) is 2. The molecule has 1 aromatic heterocycles. The fourth-order valence-corrected chi connectivity index (χ4v) is 1.69. The number of nitrogens with two attached hydrogens (primary N) is 1. The molecule has 1 aromatic carbocycles. The van der Waals surface area contributed by atoms with E-state index in [0.717, 1.165) is 5.56 Å². The number of nitrogens with zero attached hydrogens (tertiary/aromatic N) is 2. The van der Waals surface area contributed by atoms with Crippen LogP contribution in [0, 0.1) is 0 Å². The van der Waals surface area contributed by atoms with Gasteiger partial charge >= 0.3 is 0 Å². The van der Waals surface area contributed by atoms with E-state index in [1.165, 1.54) is 6.33 Å². The number of nitrogens with one attached hydrogen (secondary N) is 1. The summed E-state index contributed by atoms with van der Waals surface area (Å²) < 4.78 is 5.31. The maximum atomic E-state index is 5.92. The van der Waals surface area contributed by atoms with Gasteiger partial charge in [0.15, 0.2) is 5.82 Å². The first-order valence-electron chi connectivity index (χ1n) is 5.92. The second-order valence-corrected chi connectivity index (χ2v) is 4.29. The highest BCUT2D eigenvalue weighted by molar-refractivity contribution is 6.30. The van der Waals surface area contributed by atoms with Crippen molar-refractivity contribution in [3.05, 3.63) is 41.2 Å². The average Bonchev–Trinajstić information content (AvgIpc) is 2.42. The molecular formula is C13H15ClN4O. The summed E-state index contributed by atoms with van der Waals surface area (Å²) in [6.45, 7) is 2.99. The second kappa shape index (κ2) is 6.24. The molecule has 2 aromatic rings. The van der Waals surface area contributed by atoms with Crippen LogP contribution in [0.3, 0.4) is 0 Å². The van der Waals surface area contributed by atoms with E-state index in [0.29, 0.717) is 35.6 Å². The van der Waals surface area contributed by atoms with Gasteiger partial charge in [-0.15, -0.1) is 0 Å². The molecule has 100 valence electrons. The first-order valence-corrected chi connectivity index (χ1v) is 6.30. The molecule has 0 amide bonds. The van der Waals surface area contributed by atoms with Crippen molar-refractivity contribution in [1.82, 2.24) is 9.97 Å². The Labute approximate surface area is 116 Å². The molecule has 0 saturated heterocycles. The Bertz CT molecular complexity index is 545. The van der Waals surface area contributed by atoms with Gasteiger partial charge in [-0.05, 0) is 24.6 Å². The molecule has 0 radical (unpaired) electrons. The Hall–Kier alpha value is -2.01. The molecule has 0 bridgehead atoms. The van der Waals surface area contributed by atoms with E-state index in [-0.39, 0.29) is 0 Å². The van der Waals surface area contributed by atoms with Gasteiger partial charge in [0, 0.05) is 11.6 Å². The highest BCUT2D eigenvalue weighted by atomic mass is 35.5. The number of halogens is 1. The summed E-state index contributed by atoms with van der Waals surface area (Å²) in [5, 5.41) is 3.86. The van der Waals surface area contributed by atoms with E-state index < -0.39 is 0 Å². The van der Waals surface area contributed by atoms with E-state index in [1.807, 2.05) is 31.2 Å². The smallest absolute Gasteiger partial charge is 0.242 e. The van der Waals surface area contributed by atoms with Crippen LogP contribution in [-0.2, 0) is 6.54 Å². The Balaban J connectivity index is 2.07. The van der Waals surface area contributed by atoms with Gasteiger partial charge < -0.3 is 15.8 Å². The average molecular weight is 279 g/mol. The number of hydrogen-bond acceptors (Lipinski definition) is 5. The fraction of sp³-hybridized carbons (Fsp3) is 0.231. The lowest BCUT2D eigenvalue weighted by Gasteiger charge is -2.11. The third-order valence-electron chi connectivity index (χ3n) is 2.50. The third-order valence-corrected chi connectivity index (χ3v) is 2.75. The van der Waals surface area contributed by atoms with Crippen LogP contribution in [0.1, 0.15) is 12.5 Å². The van der Waals surface area contributed by atoms with Crippen molar-refractivity contribution < 1.29 is 4.74 Å². The maximum absolute atomic E-state index is 5.92. The quantitative estimate of drug-likeness (QED) is 0.880. The molecular weight excluding hydrogens is 264 g/mol. The standard InChI is InChI=1S/C13H15ClN4O/c1-2-19-13-11(15)12(17-8-18-13)16-7-9-3-5-10(14)6-4-9/h3-6,8H,2,7,15H2,1H3,(H,16,17,18). The molecule has 0 atom stereocenters. The number of rotatable bonds is 5. The highest BCUT2D eigenvalue weighted by Crippen LogP contribution is 2.24. The Morgan fingerprint density at radius 2 is 2.00 bits per heavy atom. The molecule has 3 N–H and O–H groups in total. The first kappa shape index (κ1) is 13.4. The molecule has 0 saturated carbocycles. The SMILES string of the molecule is CCOc1ncnc(NCc2ccc(Cl)cc2)c1N. The summed E-state index contributed by atoms with van der Waals surface area (Å²) in [5.41, 5.74) is 7.42. The van der Waals surface area contributed by atoms with Crippen LogP contribution in [0.2, 0.25) is 5.02 Å². The number of aromatic nitrogens is 2. The predicted octanol–water partition coefficient (Wildman–Crippen LogP) is 2.72. The summed E-state index contributed by atoms with van der Waals surface area (Å²) in [7, 11) is 0. The van der Waals surface area contributed by atoms with Crippen LogP contribution in [-0.4, -0.2) is 16.6 Å². The molecule has 1 heterocycles. The van der Waals surface area contributed by atoms with Crippen LogP contribution < -0.4 is 15.8 Å². The van der Waals surface area contributed by atoms with Crippen molar-refractivity contribution in [2.24, 2.45) is 0 Å². The summed E-state index contributed by atoms with van der Waals surface area (Å²) >= 11 is 5.83. The predicted molar refractivity (Wildman–Crippen MR) is 76.4 cm³/mol. The number of benzene rings is 1. The zero-order chi connectivity index (χ0) is 13.7. The summed E-state index contributed by atoms with van der Waals surface area (Å²) in [5.74, 6) is 0.963. The topological polar surface area (TPSA) is 73.1 Å². The third kappa shape index (κ3) is 3.48. The lowest BCUT2D eigenvalue weighted by atomic mass is 10.2. The molecule has 0 aliphatic rings. The first-order chi connectivity index (χ1) is 9.20. The van der Waals surface area contributed by atoms with Crippen molar-refractivity contribution in [1.29, 1.82) is 0 Å². The largest absolute Gasteiger partial charge is 0.476 e. The van der Waals surface area contributed by atoms with Crippen molar-refractivity contribution in [3.63, 3.8) is 0 Å². The summed E-state index contributed by atoms with van der Waals surface area (Å²) in [6, 6.07) is 7.56. The van der Waals surface area contributed by atoms with Crippen LogP contribution in [0.5, 0.6) is 5.88 Å². The molecule has 0 aliphatic heterocycles. The van der Waals surface area contributed by atoms with Crippen LogP contribution >= 0.6 is 11.6 Å². The maximum Gasteiger partial charge on any atom is 0.242 e. The minimum Gasteiger partial charge on any atom is -0.476 e. The van der Waals surface area contributed by atoms with E-state index in [9.17, 15) is 0 Å². The van der Waals surface area contributed by atoms with Gasteiger partial charge in [0.05, 0.1) is 6.61 Å². The fourth-order valence-electron chi connectivity index (χ4n) is 1.56.